The molecule has 100 valence electrons. The molecule has 0 spiro atoms. The summed E-state index contributed by atoms with van der Waals surface area (Å²) in [5.41, 5.74) is 1.22. The highest BCUT2D eigenvalue weighted by molar-refractivity contribution is 5.16. The molecule has 3 nitrogen and oxygen atoms in total. The fraction of sp³-hybridized carbons (Fsp3) is 0.733. The third-order valence-electron chi connectivity index (χ3n) is 3.99. The van der Waals surface area contributed by atoms with Crippen LogP contribution in [0.3, 0.4) is 0 Å². The van der Waals surface area contributed by atoms with Crippen molar-refractivity contribution in [2.45, 2.75) is 70.2 Å². The fourth-order valence-electron chi connectivity index (χ4n) is 2.61. The van der Waals surface area contributed by atoms with Crippen LogP contribution in [0.15, 0.2) is 16.7 Å². The number of hydrogen-bond donors (Lipinski definition) is 1. The van der Waals surface area contributed by atoms with Gasteiger partial charge in [-0.3, -0.25) is 0 Å². The zero-order valence-electron chi connectivity index (χ0n) is 11.0. The minimum Gasteiger partial charge on any atom is -0.468 e. The zero-order chi connectivity index (χ0) is 12.2. The Hall–Kier alpha value is -0.800. The normalized spacial score (nSPS) is 21.3. The van der Waals surface area contributed by atoms with E-state index in [4.69, 9.17) is 9.15 Å². The van der Waals surface area contributed by atoms with Gasteiger partial charge in [0, 0.05) is 11.6 Å². The molecule has 1 aromatic rings. The Morgan fingerprint density at radius 2 is 2.00 bits per heavy atom. The van der Waals surface area contributed by atoms with Gasteiger partial charge in [-0.05, 0) is 31.7 Å². The SMILES string of the molecule is c1cc(COC2CCCCC2)c(CNC2CC2)o1. The van der Waals surface area contributed by atoms with Crippen molar-refractivity contribution in [3.63, 3.8) is 0 Å². The largest absolute Gasteiger partial charge is 0.468 e. The number of ether oxygens (including phenoxy) is 1. The van der Waals surface area contributed by atoms with E-state index in [0.717, 1.165) is 18.3 Å². The Bertz CT molecular complexity index is 364. The molecule has 3 heteroatoms. The molecule has 2 fully saturated rings. The van der Waals surface area contributed by atoms with Crippen LogP contribution in [0.5, 0.6) is 0 Å². The van der Waals surface area contributed by atoms with Crippen LogP contribution in [0.2, 0.25) is 0 Å². The lowest BCUT2D eigenvalue weighted by molar-refractivity contribution is 0.0162. The molecule has 0 aromatic carbocycles. The molecule has 2 aliphatic rings. The number of rotatable bonds is 6. The average molecular weight is 249 g/mol. The number of furan rings is 1. The average Bonchev–Trinajstić information content (AvgIpc) is 3.14. The van der Waals surface area contributed by atoms with E-state index in [0.29, 0.717) is 12.7 Å². The molecule has 1 aromatic heterocycles. The summed E-state index contributed by atoms with van der Waals surface area (Å²) in [6, 6.07) is 2.77. The predicted octanol–water partition coefficient (Wildman–Crippen LogP) is 3.38. The summed E-state index contributed by atoms with van der Waals surface area (Å²) in [7, 11) is 0. The lowest BCUT2D eigenvalue weighted by Gasteiger charge is -2.21. The van der Waals surface area contributed by atoms with Crippen molar-refractivity contribution in [3.05, 3.63) is 23.7 Å². The molecule has 0 amide bonds. The third kappa shape index (κ3) is 3.36. The van der Waals surface area contributed by atoms with Gasteiger partial charge in [0.2, 0.25) is 0 Å². The van der Waals surface area contributed by atoms with E-state index < -0.39 is 0 Å². The van der Waals surface area contributed by atoms with Crippen molar-refractivity contribution >= 4 is 0 Å². The quantitative estimate of drug-likeness (QED) is 0.839. The van der Waals surface area contributed by atoms with Crippen molar-refractivity contribution in [1.29, 1.82) is 0 Å². The first-order chi connectivity index (χ1) is 8.92. The summed E-state index contributed by atoms with van der Waals surface area (Å²) in [6.45, 7) is 1.56. The molecule has 0 atom stereocenters. The minimum atomic E-state index is 0.470. The molecule has 2 aliphatic carbocycles. The summed E-state index contributed by atoms with van der Waals surface area (Å²) >= 11 is 0. The first-order valence-corrected chi connectivity index (χ1v) is 7.32. The standard InChI is InChI=1S/C15H23NO2/c1-2-4-14(5-3-1)18-11-12-8-9-17-15(12)10-16-13-6-7-13/h8-9,13-14,16H,1-7,10-11H2. The second-order valence-electron chi connectivity index (χ2n) is 5.60. The smallest absolute Gasteiger partial charge is 0.123 e. The molecular formula is C15H23NO2. The summed E-state index contributed by atoms with van der Waals surface area (Å²) in [4.78, 5) is 0. The van der Waals surface area contributed by atoms with E-state index in [1.807, 2.05) is 6.07 Å². The van der Waals surface area contributed by atoms with E-state index in [2.05, 4.69) is 5.32 Å². The predicted molar refractivity (Wildman–Crippen MR) is 70.2 cm³/mol. The van der Waals surface area contributed by atoms with Crippen LogP contribution in [-0.4, -0.2) is 12.1 Å². The molecule has 0 unspecified atom stereocenters. The van der Waals surface area contributed by atoms with E-state index in [1.165, 1.54) is 50.5 Å². The van der Waals surface area contributed by atoms with Gasteiger partial charge in [-0.25, -0.2) is 0 Å². The van der Waals surface area contributed by atoms with Crippen molar-refractivity contribution in [1.82, 2.24) is 5.32 Å². The Labute approximate surface area is 109 Å². The van der Waals surface area contributed by atoms with Gasteiger partial charge in [-0.2, -0.15) is 0 Å². The lowest BCUT2D eigenvalue weighted by Crippen LogP contribution is -2.18. The first-order valence-electron chi connectivity index (χ1n) is 7.32. The Morgan fingerprint density at radius 3 is 2.78 bits per heavy atom. The van der Waals surface area contributed by atoms with E-state index in [1.54, 1.807) is 6.26 Å². The van der Waals surface area contributed by atoms with E-state index in [9.17, 15) is 0 Å². The number of nitrogens with one attached hydrogen (secondary N) is 1. The van der Waals surface area contributed by atoms with Crippen LogP contribution in [0.1, 0.15) is 56.3 Å². The van der Waals surface area contributed by atoms with E-state index in [-0.39, 0.29) is 0 Å². The Kier molecular flexibility index (Phi) is 4.01. The van der Waals surface area contributed by atoms with Crippen LogP contribution < -0.4 is 5.32 Å². The highest BCUT2D eigenvalue weighted by Gasteiger charge is 2.21. The van der Waals surface area contributed by atoms with Crippen LogP contribution in [-0.2, 0) is 17.9 Å². The maximum Gasteiger partial charge on any atom is 0.123 e. The Morgan fingerprint density at radius 1 is 1.17 bits per heavy atom. The maximum absolute atomic E-state index is 6.00. The molecule has 1 heterocycles. The topological polar surface area (TPSA) is 34.4 Å². The van der Waals surface area contributed by atoms with Gasteiger partial charge < -0.3 is 14.5 Å². The molecule has 18 heavy (non-hydrogen) atoms. The van der Waals surface area contributed by atoms with Gasteiger partial charge in [0.25, 0.3) is 0 Å². The lowest BCUT2D eigenvalue weighted by atomic mass is 9.98. The molecule has 2 saturated carbocycles. The highest BCUT2D eigenvalue weighted by atomic mass is 16.5. The first kappa shape index (κ1) is 12.2. The van der Waals surface area contributed by atoms with Crippen LogP contribution in [0, 0.1) is 0 Å². The van der Waals surface area contributed by atoms with Gasteiger partial charge in [0.15, 0.2) is 0 Å². The monoisotopic (exact) mass is 249 g/mol. The van der Waals surface area contributed by atoms with Crippen molar-refractivity contribution in [2.75, 3.05) is 0 Å². The molecule has 0 aliphatic heterocycles. The summed E-state index contributed by atoms with van der Waals surface area (Å²) in [5, 5.41) is 3.49. The molecule has 0 radical (unpaired) electrons. The van der Waals surface area contributed by atoms with Crippen molar-refractivity contribution < 1.29 is 9.15 Å². The second kappa shape index (κ2) is 5.89. The van der Waals surface area contributed by atoms with E-state index >= 15 is 0 Å². The molecule has 1 N–H and O–H groups in total. The minimum absolute atomic E-state index is 0.470. The van der Waals surface area contributed by atoms with Crippen molar-refractivity contribution in [3.8, 4) is 0 Å². The van der Waals surface area contributed by atoms with Crippen LogP contribution in [0.25, 0.3) is 0 Å². The summed E-state index contributed by atoms with van der Waals surface area (Å²) in [5.74, 6) is 1.05. The third-order valence-corrected chi connectivity index (χ3v) is 3.99. The van der Waals surface area contributed by atoms with Gasteiger partial charge in [0.1, 0.15) is 5.76 Å². The van der Waals surface area contributed by atoms with Gasteiger partial charge in [-0.1, -0.05) is 19.3 Å². The zero-order valence-corrected chi connectivity index (χ0v) is 11.0. The van der Waals surface area contributed by atoms with Crippen molar-refractivity contribution in [2.24, 2.45) is 0 Å². The Balaban J connectivity index is 1.46. The molecule has 0 bridgehead atoms. The summed E-state index contributed by atoms with van der Waals surface area (Å²) in [6.07, 6.45) is 11.4. The second-order valence-corrected chi connectivity index (χ2v) is 5.60. The molecule has 3 rings (SSSR count). The van der Waals surface area contributed by atoms with Gasteiger partial charge in [0.05, 0.1) is 25.5 Å². The van der Waals surface area contributed by atoms with Crippen LogP contribution >= 0.6 is 0 Å². The number of hydrogen-bond acceptors (Lipinski definition) is 3. The van der Waals surface area contributed by atoms with Gasteiger partial charge >= 0.3 is 0 Å². The maximum atomic E-state index is 6.00. The molecular weight excluding hydrogens is 226 g/mol. The van der Waals surface area contributed by atoms with Crippen LogP contribution in [0.4, 0.5) is 0 Å². The summed E-state index contributed by atoms with van der Waals surface area (Å²) < 4.78 is 11.5. The molecule has 0 saturated heterocycles. The highest BCUT2D eigenvalue weighted by Crippen LogP contribution is 2.23. The fourth-order valence-corrected chi connectivity index (χ4v) is 2.61. The van der Waals surface area contributed by atoms with Gasteiger partial charge in [-0.15, -0.1) is 0 Å².